The highest BCUT2D eigenvalue weighted by molar-refractivity contribution is 9.10. The van der Waals surface area contributed by atoms with Gasteiger partial charge in [0.2, 0.25) is 0 Å². The van der Waals surface area contributed by atoms with Gasteiger partial charge in [0.15, 0.2) is 0 Å². The number of benzene rings is 2. The van der Waals surface area contributed by atoms with E-state index in [-0.39, 0.29) is 6.54 Å². The molecule has 2 nitrogen and oxygen atoms in total. The standard InChI is InChI=1S/C14H10BrCl2F2NO/c15-7-4-8(16)14(9(17)5-7)20-6-12(21)13-10(18)2-1-3-11(13)19/h1-5,12,20-21H,6H2. The Morgan fingerprint density at radius 1 is 1.14 bits per heavy atom. The Labute approximate surface area is 138 Å². The summed E-state index contributed by atoms with van der Waals surface area (Å²) in [5.74, 6) is -1.62. The summed E-state index contributed by atoms with van der Waals surface area (Å²) in [5, 5.41) is 13.4. The zero-order valence-electron chi connectivity index (χ0n) is 10.5. The number of hydrogen-bond donors (Lipinski definition) is 2. The van der Waals surface area contributed by atoms with E-state index in [1.165, 1.54) is 6.07 Å². The molecule has 2 N–H and O–H groups in total. The average molecular weight is 397 g/mol. The fourth-order valence-electron chi connectivity index (χ4n) is 1.84. The fourth-order valence-corrected chi connectivity index (χ4v) is 3.18. The van der Waals surface area contributed by atoms with Gasteiger partial charge >= 0.3 is 0 Å². The van der Waals surface area contributed by atoms with Crippen molar-refractivity contribution in [2.75, 3.05) is 11.9 Å². The van der Waals surface area contributed by atoms with E-state index >= 15 is 0 Å². The summed E-state index contributed by atoms with van der Waals surface area (Å²) in [7, 11) is 0. The number of rotatable bonds is 4. The van der Waals surface area contributed by atoms with Crippen molar-refractivity contribution in [1.29, 1.82) is 0 Å². The van der Waals surface area contributed by atoms with E-state index in [2.05, 4.69) is 21.2 Å². The lowest BCUT2D eigenvalue weighted by atomic mass is 10.1. The van der Waals surface area contributed by atoms with Gasteiger partial charge in [-0.3, -0.25) is 0 Å². The SMILES string of the molecule is OC(CNc1c(Cl)cc(Br)cc1Cl)c1c(F)cccc1F. The summed E-state index contributed by atoms with van der Waals surface area (Å²) in [6.07, 6.45) is -1.37. The van der Waals surface area contributed by atoms with Crippen LogP contribution in [0.4, 0.5) is 14.5 Å². The number of nitrogens with one attached hydrogen (secondary N) is 1. The molecule has 0 aliphatic rings. The quantitative estimate of drug-likeness (QED) is 0.746. The van der Waals surface area contributed by atoms with Gasteiger partial charge in [-0.15, -0.1) is 0 Å². The second-order valence-corrected chi connectivity index (χ2v) is 6.01. The maximum atomic E-state index is 13.6. The maximum absolute atomic E-state index is 13.6. The van der Waals surface area contributed by atoms with E-state index < -0.39 is 23.3 Å². The molecule has 2 rings (SSSR count). The molecule has 0 amide bonds. The van der Waals surface area contributed by atoms with Gasteiger partial charge in [0.05, 0.1) is 21.3 Å². The summed E-state index contributed by atoms with van der Waals surface area (Å²) < 4.78 is 27.8. The van der Waals surface area contributed by atoms with Gasteiger partial charge in [-0.2, -0.15) is 0 Å². The molecule has 0 heterocycles. The Morgan fingerprint density at radius 3 is 2.19 bits per heavy atom. The van der Waals surface area contributed by atoms with Crippen LogP contribution in [0.1, 0.15) is 11.7 Å². The largest absolute Gasteiger partial charge is 0.386 e. The first-order valence-corrected chi connectivity index (χ1v) is 7.45. The number of hydrogen-bond acceptors (Lipinski definition) is 2. The smallest absolute Gasteiger partial charge is 0.132 e. The van der Waals surface area contributed by atoms with Gasteiger partial charge in [-0.25, -0.2) is 8.78 Å². The van der Waals surface area contributed by atoms with E-state index in [0.29, 0.717) is 20.2 Å². The van der Waals surface area contributed by atoms with E-state index in [9.17, 15) is 13.9 Å². The monoisotopic (exact) mass is 395 g/mol. The minimum atomic E-state index is -1.37. The first kappa shape index (κ1) is 16.5. The predicted molar refractivity (Wildman–Crippen MR) is 84.0 cm³/mol. The van der Waals surface area contributed by atoms with Crippen LogP contribution in [0.3, 0.4) is 0 Å². The Kier molecular flexibility index (Phi) is 5.43. The molecular formula is C14H10BrCl2F2NO. The number of anilines is 1. The van der Waals surface area contributed by atoms with Crippen molar-refractivity contribution < 1.29 is 13.9 Å². The van der Waals surface area contributed by atoms with Crippen LogP contribution in [0.5, 0.6) is 0 Å². The highest BCUT2D eigenvalue weighted by atomic mass is 79.9. The zero-order chi connectivity index (χ0) is 15.6. The molecule has 0 bridgehead atoms. The minimum Gasteiger partial charge on any atom is -0.386 e. The van der Waals surface area contributed by atoms with Crippen LogP contribution in [0, 0.1) is 11.6 Å². The molecule has 2 aromatic rings. The third-order valence-electron chi connectivity index (χ3n) is 2.81. The molecule has 112 valence electrons. The van der Waals surface area contributed by atoms with Gasteiger partial charge in [-0.05, 0) is 24.3 Å². The van der Waals surface area contributed by atoms with Crippen LogP contribution in [-0.4, -0.2) is 11.7 Å². The molecule has 0 radical (unpaired) electrons. The van der Waals surface area contributed by atoms with Gasteiger partial charge in [0, 0.05) is 11.0 Å². The predicted octanol–water partition coefficient (Wildman–Crippen LogP) is 5.18. The van der Waals surface area contributed by atoms with Crippen LogP contribution < -0.4 is 5.32 Å². The maximum Gasteiger partial charge on any atom is 0.132 e. The Morgan fingerprint density at radius 2 is 1.67 bits per heavy atom. The van der Waals surface area contributed by atoms with Crippen molar-refractivity contribution >= 4 is 44.8 Å². The Balaban J connectivity index is 2.17. The molecule has 0 saturated carbocycles. The summed E-state index contributed by atoms with van der Waals surface area (Å²) >= 11 is 15.3. The molecule has 0 saturated heterocycles. The van der Waals surface area contributed by atoms with E-state index in [4.69, 9.17) is 23.2 Å². The first-order chi connectivity index (χ1) is 9.90. The van der Waals surface area contributed by atoms with Crippen molar-refractivity contribution in [2.24, 2.45) is 0 Å². The Bertz CT molecular complexity index is 626. The molecule has 0 spiro atoms. The second-order valence-electron chi connectivity index (χ2n) is 4.28. The van der Waals surface area contributed by atoms with Crippen molar-refractivity contribution in [3.63, 3.8) is 0 Å². The van der Waals surface area contributed by atoms with Crippen molar-refractivity contribution in [3.8, 4) is 0 Å². The fraction of sp³-hybridized carbons (Fsp3) is 0.143. The first-order valence-electron chi connectivity index (χ1n) is 5.90. The van der Waals surface area contributed by atoms with Crippen molar-refractivity contribution in [3.05, 3.63) is 62.0 Å². The third-order valence-corrected chi connectivity index (χ3v) is 3.87. The van der Waals surface area contributed by atoms with E-state index in [1.807, 2.05) is 0 Å². The van der Waals surface area contributed by atoms with Crippen LogP contribution >= 0.6 is 39.1 Å². The zero-order valence-corrected chi connectivity index (χ0v) is 13.6. The minimum absolute atomic E-state index is 0.140. The number of aliphatic hydroxyl groups excluding tert-OH is 1. The molecule has 1 atom stereocenters. The lowest BCUT2D eigenvalue weighted by Crippen LogP contribution is -2.15. The summed E-state index contributed by atoms with van der Waals surface area (Å²) in [6.45, 7) is -0.140. The van der Waals surface area contributed by atoms with Crippen LogP contribution in [0.15, 0.2) is 34.8 Å². The summed E-state index contributed by atoms with van der Waals surface area (Å²) in [5.41, 5.74) is -0.00770. The highest BCUT2D eigenvalue weighted by Gasteiger charge is 2.18. The molecule has 2 aromatic carbocycles. The number of aliphatic hydroxyl groups is 1. The van der Waals surface area contributed by atoms with E-state index in [0.717, 1.165) is 12.1 Å². The van der Waals surface area contributed by atoms with Crippen molar-refractivity contribution in [2.45, 2.75) is 6.10 Å². The van der Waals surface area contributed by atoms with Gasteiger partial charge < -0.3 is 10.4 Å². The van der Waals surface area contributed by atoms with E-state index in [1.54, 1.807) is 12.1 Å². The lowest BCUT2D eigenvalue weighted by molar-refractivity contribution is 0.181. The molecule has 1 unspecified atom stereocenters. The molecular weight excluding hydrogens is 387 g/mol. The van der Waals surface area contributed by atoms with Gasteiger partial charge in [0.1, 0.15) is 17.7 Å². The van der Waals surface area contributed by atoms with Gasteiger partial charge in [0.25, 0.3) is 0 Å². The average Bonchev–Trinajstić information content (AvgIpc) is 2.37. The Hall–Kier alpha value is -0.880. The highest BCUT2D eigenvalue weighted by Crippen LogP contribution is 2.34. The van der Waals surface area contributed by atoms with Crippen LogP contribution in [-0.2, 0) is 0 Å². The summed E-state index contributed by atoms with van der Waals surface area (Å²) in [6, 6.07) is 6.64. The molecule has 0 aromatic heterocycles. The van der Waals surface area contributed by atoms with Gasteiger partial charge in [-0.1, -0.05) is 45.2 Å². The molecule has 0 fully saturated rings. The third kappa shape index (κ3) is 3.86. The molecule has 21 heavy (non-hydrogen) atoms. The van der Waals surface area contributed by atoms with Crippen LogP contribution in [0.2, 0.25) is 10.0 Å². The number of halogens is 5. The molecule has 0 aliphatic carbocycles. The van der Waals surface area contributed by atoms with Crippen LogP contribution in [0.25, 0.3) is 0 Å². The topological polar surface area (TPSA) is 32.3 Å². The molecule has 7 heteroatoms. The lowest BCUT2D eigenvalue weighted by Gasteiger charge is -2.16. The van der Waals surface area contributed by atoms with Crippen molar-refractivity contribution in [1.82, 2.24) is 0 Å². The summed E-state index contributed by atoms with van der Waals surface area (Å²) in [4.78, 5) is 0. The molecule has 0 aliphatic heterocycles. The second kappa shape index (κ2) is 6.92. The normalized spacial score (nSPS) is 12.3.